The quantitative estimate of drug-likeness (QED) is 0.701. The van der Waals surface area contributed by atoms with Crippen molar-refractivity contribution < 1.29 is 13.9 Å². The van der Waals surface area contributed by atoms with Crippen molar-refractivity contribution in [2.75, 3.05) is 7.11 Å². The molecule has 0 spiro atoms. The Labute approximate surface area is 150 Å². The van der Waals surface area contributed by atoms with Gasteiger partial charge in [-0.25, -0.2) is 4.98 Å². The summed E-state index contributed by atoms with van der Waals surface area (Å²) in [5, 5.41) is 4.90. The molecule has 2 heterocycles. The molecule has 1 aromatic carbocycles. The molecule has 130 valence electrons. The lowest BCUT2D eigenvalue weighted by Crippen LogP contribution is -2.25. The van der Waals surface area contributed by atoms with Gasteiger partial charge in [0.15, 0.2) is 0 Å². The minimum atomic E-state index is -0.0775. The van der Waals surface area contributed by atoms with Gasteiger partial charge >= 0.3 is 0 Å². The molecule has 25 heavy (non-hydrogen) atoms. The van der Waals surface area contributed by atoms with Crippen LogP contribution in [-0.2, 0) is 29.1 Å². The number of hydrogen-bond acceptors (Lipinski definition) is 5. The highest BCUT2D eigenvalue weighted by atomic mass is 32.1. The van der Waals surface area contributed by atoms with Crippen LogP contribution in [0.5, 0.6) is 0 Å². The number of amides is 1. The van der Waals surface area contributed by atoms with Gasteiger partial charge in [-0.2, -0.15) is 0 Å². The lowest BCUT2D eigenvalue weighted by atomic mass is 10.1. The summed E-state index contributed by atoms with van der Waals surface area (Å²) in [5.41, 5.74) is 2.80. The van der Waals surface area contributed by atoms with Gasteiger partial charge in [0.1, 0.15) is 5.76 Å². The molecule has 1 N–H and O–H groups in total. The van der Waals surface area contributed by atoms with Crippen LogP contribution in [0.3, 0.4) is 0 Å². The molecule has 1 amide bonds. The van der Waals surface area contributed by atoms with E-state index in [0.29, 0.717) is 30.5 Å². The highest BCUT2D eigenvalue weighted by molar-refractivity contribution is 7.13. The van der Waals surface area contributed by atoms with E-state index in [9.17, 15) is 4.79 Å². The number of hydrogen-bond donors (Lipinski definition) is 1. The zero-order valence-electron chi connectivity index (χ0n) is 14.2. The molecule has 0 bridgehead atoms. The van der Waals surface area contributed by atoms with Gasteiger partial charge in [0.25, 0.3) is 0 Å². The van der Waals surface area contributed by atoms with Crippen LogP contribution < -0.4 is 5.32 Å². The van der Waals surface area contributed by atoms with Crippen LogP contribution in [0.2, 0.25) is 0 Å². The smallest absolute Gasteiger partial charge is 0.236 e. The highest BCUT2D eigenvalue weighted by Crippen LogP contribution is 2.26. The number of rotatable bonds is 7. The molecule has 0 radical (unpaired) electrons. The Kier molecular flexibility index (Phi) is 5.63. The first-order valence-electron chi connectivity index (χ1n) is 7.99. The maximum Gasteiger partial charge on any atom is 0.236 e. The lowest BCUT2D eigenvalue weighted by molar-refractivity contribution is -0.120. The molecule has 2 aromatic heterocycles. The van der Waals surface area contributed by atoms with E-state index < -0.39 is 0 Å². The van der Waals surface area contributed by atoms with Gasteiger partial charge in [0, 0.05) is 13.7 Å². The molecule has 3 rings (SSSR count). The van der Waals surface area contributed by atoms with Gasteiger partial charge in [-0.1, -0.05) is 30.3 Å². The molecule has 0 fully saturated rings. The third-order valence-electron chi connectivity index (χ3n) is 3.74. The van der Waals surface area contributed by atoms with E-state index in [2.05, 4.69) is 10.3 Å². The monoisotopic (exact) mass is 356 g/mol. The average Bonchev–Trinajstić information content (AvgIpc) is 3.24. The van der Waals surface area contributed by atoms with Crippen molar-refractivity contribution in [2.45, 2.75) is 26.5 Å². The van der Waals surface area contributed by atoms with Crippen LogP contribution in [0.15, 0.2) is 46.2 Å². The summed E-state index contributed by atoms with van der Waals surface area (Å²) in [5.74, 6) is 1.18. The first-order valence-corrected chi connectivity index (χ1v) is 8.87. The summed E-state index contributed by atoms with van der Waals surface area (Å²) in [6.45, 7) is 2.87. The number of nitrogens with zero attached hydrogens (tertiary/aromatic N) is 1. The van der Waals surface area contributed by atoms with Crippen LogP contribution >= 0.6 is 11.3 Å². The fourth-order valence-corrected chi connectivity index (χ4v) is 3.16. The van der Waals surface area contributed by atoms with Crippen LogP contribution in [0, 0.1) is 6.92 Å². The molecule has 0 saturated carbocycles. The van der Waals surface area contributed by atoms with Gasteiger partial charge in [-0.15, -0.1) is 11.3 Å². The Morgan fingerprint density at radius 3 is 2.88 bits per heavy atom. The third kappa shape index (κ3) is 4.55. The number of ether oxygens (including phenoxy) is 1. The largest absolute Gasteiger partial charge is 0.440 e. The van der Waals surface area contributed by atoms with Crippen molar-refractivity contribution in [2.24, 2.45) is 0 Å². The number of methoxy groups -OCH3 is 1. The molecular weight excluding hydrogens is 336 g/mol. The van der Waals surface area contributed by atoms with Gasteiger partial charge in [0.2, 0.25) is 11.8 Å². The second-order valence-electron chi connectivity index (χ2n) is 5.71. The van der Waals surface area contributed by atoms with Crippen molar-refractivity contribution in [1.82, 2.24) is 10.3 Å². The van der Waals surface area contributed by atoms with Crippen molar-refractivity contribution in [1.29, 1.82) is 0 Å². The summed E-state index contributed by atoms with van der Waals surface area (Å²) < 4.78 is 10.8. The second-order valence-corrected chi connectivity index (χ2v) is 6.65. The standard InChI is InChI=1S/C19H20N2O3S/c1-13-16(21-19(24-13)17-7-4-8-25-17)10-18(22)20-11-14-5-3-6-15(9-14)12-23-2/h3-9H,10-12H2,1-2H3,(H,20,22). The maximum absolute atomic E-state index is 12.2. The second kappa shape index (κ2) is 8.09. The van der Waals surface area contributed by atoms with E-state index in [-0.39, 0.29) is 12.3 Å². The van der Waals surface area contributed by atoms with Crippen LogP contribution in [0.4, 0.5) is 0 Å². The van der Waals surface area contributed by atoms with Gasteiger partial charge in [0.05, 0.1) is 23.6 Å². The van der Waals surface area contributed by atoms with Crippen LogP contribution in [-0.4, -0.2) is 18.0 Å². The van der Waals surface area contributed by atoms with Crippen molar-refractivity contribution in [3.8, 4) is 10.8 Å². The number of carbonyl (C=O) groups excluding carboxylic acids is 1. The predicted molar refractivity (Wildman–Crippen MR) is 97.3 cm³/mol. The van der Waals surface area contributed by atoms with E-state index >= 15 is 0 Å². The first kappa shape index (κ1) is 17.4. The molecular formula is C19H20N2O3S. The van der Waals surface area contributed by atoms with Crippen molar-refractivity contribution in [3.63, 3.8) is 0 Å². The molecule has 0 aliphatic heterocycles. The zero-order chi connectivity index (χ0) is 17.6. The first-order chi connectivity index (χ1) is 12.2. The number of benzene rings is 1. The Bertz CT molecular complexity index is 840. The number of carbonyl (C=O) groups is 1. The molecule has 6 heteroatoms. The fourth-order valence-electron chi connectivity index (χ4n) is 2.51. The Morgan fingerprint density at radius 1 is 1.28 bits per heavy atom. The summed E-state index contributed by atoms with van der Waals surface area (Å²) >= 11 is 1.56. The van der Waals surface area contributed by atoms with E-state index in [1.807, 2.05) is 48.7 Å². The average molecular weight is 356 g/mol. The van der Waals surface area contributed by atoms with Gasteiger partial charge in [-0.05, 0) is 29.5 Å². The summed E-state index contributed by atoms with van der Waals surface area (Å²) in [4.78, 5) is 17.6. The topological polar surface area (TPSA) is 64.4 Å². The fraction of sp³-hybridized carbons (Fsp3) is 0.263. The van der Waals surface area contributed by atoms with Crippen LogP contribution in [0.1, 0.15) is 22.6 Å². The Balaban J connectivity index is 1.59. The Morgan fingerprint density at radius 2 is 2.12 bits per heavy atom. The highest BCUT2D eigenvalue weighted by Gasteiger charge is 2.15. The number of aromatic nitrogens is 1. The Hall–Kier alpha value is -2.44. The summed E-state index contributed by atoms with van der Waals surface area (Å²) in [6.07, 6.45) is 0.207. The molecule has 0 unspecified atom stereocenters. The van der Waals surface area contributed by atoms with Crippen molar-refractivity contribution in [3.05, 3.63) is 64.4 Å². The summed E-state index contributed by atoms with van der Waals surface area (Å²) in [6, 6.07) is 11.9. The number of nitrogens with one attached hydrogen (secondary N) is 1. The third-order valence-corrected chi connectivity index (χ3v) is 4.60. The van der Waals surface area contributed by atoms with Gasteiger partial charge in [-0.3, -0.25) is 4.79 Å². The summed E-state index contributed by atoms with van der Waals surface area (Å²) in [7, 11) is 1.67. The predicted octanol–water partition coefficient (Wildman–Crippen LogP) is 3.72. The van der Waals surface area contributed by atoms with Crippen molar-refractivity contribution >= 4 is 17.2 Å². The number of aryl methyl sites for hydroxylation is 1. The van der Waals surface area contributed by atoms with E-state index in [1.165, 1.54) is 0 Å². The number of thiophene rings is 1. The molecule has 0 aliphatic rings. The van der Waals surface area contributed by atoms with Crippen LogP contribution in [0.25, 0.3) is 10.8 Å². The molecule has 0 aliphatic carbocycles. The van der Waals surface area contributed by atoms with E-state index in [0.717, 1.165) is 16.0 Å². The number of oxazole rings is 1. The normalized spacial score (nSPS) is 10.8. The minimum absolute atomic E-state index is 0.0775. The molecule has 3 aromatic rings. The maximum atomic E-state index is 12.2. The molecule has 0 atom stereocenters. The van der Waals surface area contributed by atoms with Gasteiger partial charge < -0.3 is 14.5 Å². The molecule has 0 saturated heterocycles. The minimum Gasteiger partial charge on any atom is -0.440 e. The molecule has 5 nitrogen and oxygen atoms in total. The SMILES string of the molecule is COCc1cccc(CNC(=O)Cc2nc(-c3cccs3)oc2C)c1. The zero-order valence-corrected chi connectivity index (χ0v) is 15.1. The van der Waals surface area contributed by atoms with E-state index in [1.54, 1.807) is 18.4 Å². The lowest BCUT2D eigenvalue weighted by Gasteiger charge is -2.06. The van der Waals surface area contributed by atoms with E-state index in [4.69, 9.17) is 9.15 Å².